The van der Waals surface area contributed by atoms with Crippen LogP contribution in [-0.4, -0.2) is 4.98 Å². The van der Waals surface area contributed by atoms with E-state index >= 15 is 0 Å². The normalized spacial score (nSPS) is 10.8. The van der Waals surface area contributed by atoms with E-state index in [0.29, 0.717) is 21.9 Å². The molecule has 3 rings (SSSR count). The number of nitrogens with zero attached hydrogens (tertiary/aromatic N) is 1. The Kier molecular flexibility index (Phi) is 3.73. The summed E-state index contributed by atoms with van der Waals surface area (Å²) in [6.07, 6.45) is 1.60. The zero-order chi connectivity index (χ0) is 14.8. The van der Waals surface area contributed by atoms with Gasteiger partial charge in [-0.15, -0.1) is 0 Å². The van der Waals surface area contributed by atoms with Gasteiger partial charge in [0.25, 0.3) is 0 Å². The highest BCUT2D eigenvalue weighted by Gasteiger charge is 2.09. The SMILES string of the molecule is NCc1ccc(Oc2ccnc3cc(Cl)ccc23)c(F)c1. The van der Waals surface area contributed by atoms with Crippen LogP contribution in [0.25, 0.3) is 10.9 Å². The minimum absolute atomic E-state index is 0.148. The number of halogens is 2. The number of ether oxygens (including phenoxy) is 1. The van der Waals surface area contributed by atoms with Crippen molar-refractivity contribution in [2.75, 3.05) is 0 Å². The van der Waals surface area contributed by atoms with Gasteiger partial charge in [0.2, 0.25) is 0 Å². The second-order valence-corrected chi connectivity index (χ2v) is 4.98. The van der Waals surface area contributed by atoms with E-state index in [4.69, 9.17) is 22.1 Å². The summed E-state index contributed by atoms with van der Waals surface area (Å²) in [6, 6.07) is 11.6. The summed E-state index contributed by atoms with van der Waals surface area (Å²) in [5, 5.41) is 1.36. The van der Waals surface area contributed by atoms with Crippen LogP contribution in [0.1, 0.15) is 5.56 Å². The second kappa shape index (κ2) is 5.68. The average Bonchev–Trinajstić information content (AvgIpc) is 2.49. The van der Waals surface area contributed by atoms with Crippen LogP contribution in [0.2, 0.25) is 5.02 Å². The fraction of sp³-hybridized carbons (Fsp3) is 0.0625. The standard InChI is InChI=1S/C16H12ClFN2O/c17-11-2-3-12-14(8-11)20-6-5-15(12)21-16-4-1-10(9-19)7-13(16)18/h1-8H,9,19H2. The van der Waals surface area contributed by atoms with Crippen molar-refractivity contribution in [3.8, 4) is 11.5 Å². The van der Waals surface area contributed by atoms with Gasteiger partial charge >= 0.3 is 0 Å². The molecule has 106 valence electrons. The Balaban J connectivity index is 2.02. The van der Waals surface area contributed by atoms with Gasteiger partial charge < -0.3 is 10.5 Å². The molecule has 0 saturated heterocycles. The van der Waals surface area contributed by atoms with Crippen molar-refractivity contribution in [1.82, 2.24) is 4.98 Å². The second-order valence-electron chi connectivity index (χ2n) is 4.54. The third kappa shape index (κ3) is 2.82. The number of fused-ring (bicyclic) bond motifs is 1. The molecule has 0 radical (unpaired) electrons. The van der Waals surface area contributed by atoms with Gasteiger partial charge in [0.1, 0.15) is 5.75 Å². The molecule has 0 aliphatic carbocycles. The van der Waals surface area contributed by atoms with Crippen LogP contribution in [0.5, 0.6) is 11.5 Å². The van der Waals surface area contributed by atoms with Gasteiger partial charge in [-0.1, -0.05) is 17.7 Å². The third-order valence-corrected chi connectivity index (χ3v) is 3.35. The molecule has 0 fully saturated rings. The highest BCUT2D eigenvalue weighted by Crippen LogP contribution is 2.31. The molecule has 0 bridgehead atoms. The molecule has 3 nitrogen and oxygen atoms in total. The number of pyridine rings is 1. The third-order valence-electron chi connectivity index (χ3n) is 3.12. The molecule has 0 saturated carbocycles. The summed E-state index contributed by atoms with van der Waals surface area (Å²) in [5.74, 6) is 0.225. The van der Waals surface area contributed by atoms with E-state index in [-0.39, 0.29) is 12.3 Å². The summed E-state index contributed by atoms with van der Waals surface area (Å²) in [4.78, 5) is 4.22. The average molecular weight is 303 g/mol. The van der Waals surface area contributed by atoms with Gasteiger partial charge in [-0.2, -0.15) is 0 Å². The summed E-state index contributed by atoms with van der Waals surface area (Å²) < 4.78 is 19.6. The van der Waals surface area contributed by atoms with Gasteiger partial charge in [-0.05, 0) is 42.0 Å². The maximum absolute atomic E-state index is 14.0. The minimum atomic E-state index is -0.447. The minimum Gasteiger partial charge on any atom is -0.454 e. The zero-order valence-corrected chi connectivity index (χ0v) is 11.8. The quantitative estimate of drug-likeness (QED) is 0.785. The number of benzene rings is 2. The Morgan fingerprint density at radius 1 is 1.10 bits per heavy atom. The molecule has 0 amide bonds. The summed E-state index contributed by atoms with van der Waals surface area (Å²) in [7, 11) is 0. The molecule has 0 aliphatic heterocycles. The molecule has 0 spiro atoms. The number of rotatable bonds is 3. The molecule has 2 aromatic carbocycles. The van der Waals surface area contributed by atoms with E-state index in [0.717, 1.165) is 5.39 Å². The van der Waals surface area contributed by atoms with Crippen molar-refractivity contribution < 1.29 is 9.13 Å². The van der Waals surface area contributed by atoms with Crippen molar-refractivity contribution in [2.24, 2.45) is 5.73 Å². The molecule has 0 unspecified atom stereocenters. The molecule has 0 atom stereocenters. The predicted molar refractivity (Wildman–Crippen MR) is 81.1 cm³/mol. The summed E-state index contributed by atoms with van der Waals surface area (Å²) in [5.41, 5.74) is 6.89. The van der Waals surface area contributed by atoms with Crippen molar-refractivity contribution in [1.29, 1.82) is 0 Å². The monoisotopic (exact) mass is 302 g/mol. The Hall–Kier alpha value is -2.17. The van der Waals surface area contributed by atoms with Crippen LogP contribution in [0, 0.1) is 5.82 Å². The van der Waals surface area contributed by atoms with E-state index < -0.39 is 5.82 Å². The van der Waals surface area contributed by atoms with Crippen LogP contribution in [0.15, 0.2) is 48.7 Å². The zero-order valence-electron chi connectivity index (χ0n) is 11.0. The Bertz CT molecular complexity index is 807. The van der Waals surface area contributed by atoms with Crippen LogP contribution in [-0.2, 0) is 6.54 Å². The van der Waals surface area contributed by atoms with Gasteiger partial charge in [0.15, 0.2) is 11.6 Å². The Morgan fingerprint density at radius 2 is 1.95 bits per heavy atom. The van der Waals surface area contributed by atoms with Crippen molar-refractivity contribution >= 4 is 22.5 Å². The smallest absolute Gasteiger partial charge is 0.166 e. The largest absolute Gasteiger partial charge is 0.454 e. The maximum Gasteiger partial charge on any atom is 0.166 e. The van der Waals surface area contributed by atoms with E-state index in [1.807, 2.05) is 0 Å². The summed E-state index contributed by atoms with van der Waals surface area (Å²) >= 11 is 5.94. The van der Waals surface area contributed by atoms with Crippen molar-refractivity contribution in [3.05, 3.63) is 65.1 Å². The number of nitrogens with two attached hydrogens (primary N) is 1. The molecule has 0 aliphatic rings. The first-order valence-corrected chi connectivity index (χ1v) is 6.76. The first-order valence-electron chi connectivity index (χ1n) is 6.38. The topological polar surface area (TPSA) is 48.1 Å². The lowest BCUT2D eigenvalue weighted by Gasteiger charge is -2.10. The maximum atomic E-state index is 14.0. The molecule has 5 heteroatoms. The van der Waals surface area contributed by atoms with E-state index in [2.05, 4.69) is 4.98 Å². The van der Waals surface area contributed by atoms with Gasteiger partial charge in [0.05, 0.1) is 5.52 Å². The van der Waals surface area contributed by atoms with Crippen LogP contribution < -0.4 is 10.5 Å². The van der Waals surface area contributed by atoms with Crippen LogP contribution >= 0.6 is 11.6 Å². The van der Waals surface area contributed by atoms with Gasteiger partial charge in [-0.3, -0.25) is 4.98 Å². The van der Waals surface area contributed by atoms with E-state index in [9.17, 15) is 4.39 Å². The predicted octanol–water partition coefficient (Wildman–Crippen LogP) is 4.28. The molecule has 21 heavy (non-hydrogen) atoms. The lowest BCUT2D eigenvalue weighted by Crippen LogP contribution is -1.98. The molecule has 2 N–H and O–H groups in total. The highest BCUT2D eigenvalue weighted by molar-refractivity contribution is 6.31. The molecule has 1 aromatic heterocycles. The van der Waals surface area contributed by atoms with Crippen LogP contribution in [0.4, 0.5) is 4.39 Å². The Labute approximate surface area is 126 Å². The molecular formula is C16H12ClFN2O. The number of hydrogen-bond acceptors (Lipinski definition) is 3. The summed E-state index contributed by atoms with van der Waals surface area (Å²) in [6.45, 7) is 0.286. The van der Waals surface area contributed by atoms with Gasteiger partial charge in [0, 0.05) is 23.2 Å². The highest BCUT2D eigenvalue weighted by atomic mass is 35.5. The molecule has 3 aromatic rings. The van der Waals surface area contributed by atoms with Gasteiger partial charge in [-0.25, -0.2) is 4.39 Å². The number of hydrogen-bond donors (Lipinski definition) is 1. The lowest BCUT2D eigenvalue weighted by molar-refractivity contribution is 0.445. The number of aromatic nitrogens is 1. The fourth-order valence-corrected chi connectivity index (χ4v) is 2.22. The first-order chi connectivity index (χ1) is 10.2. The molecule has 1 heterocycles. The molecular weight excluding hydrogens is 291 g/mol. The van der Waals surface area contributed by atoms with Crippen molar-refractivity contribution in [3.63, 3.8) is 0 Å². The van der Waals surface area contributed by atoms with E-state index in [1.165, 1.54) is 6.07 Å². The Morgan fingerprint density at radius 3 is 2.71 bits per heavy atom. The lowest BCUT2D eigenvalue weighted by atomic mass is 10.2. The fourth-order valence-electron chi connectivity index (χ4n) is 2.06. The van der Waals surface area contributed by atoms with E-state index in [1.54, 1.807) is 42.6 Å². The van der Waals surface area contributed by atoms with Crippen molar-refractivity contribution in [2.45, 2.75) is 6.54 Å². The first kappa shape index (κ1) is 13.8. The van der Waals surface area contributed by atoms with Crippen LogP contribution in [0.3, 0.4) is 0 Å².